The van der Waals surface area contributed by atoms with Crippen LogP contribution in [0.15, 0.2) is 12.7 Å². The van der Waals surface area contributed by atoms with Gasteiger partial charge in [-0.1, -0.05) is 38.7 Å². The third-order valence-electron chi connectivity index (χ3n) is 5.71. The van der Waals surface area contributed by atoms with Crippen molar-refractivity contribution in [2.45, 2.75) is 70.4 Å². The number of hydrogen-bond acceptors (Lipinski definition) is 2. The van der Waals surface area contributed by atoms with Gasteiger partial charge in [0.25, 0.3) is 0 Å². The third kappa shape index (κ3) is 3.55. The van der Waals surface area contributed by atoms with Crippen molar-refractivity contribution >= 4 is 8.40 Å². The molecule has 2 rings (SSSR count). The van der Waals surface area contributed by atoms with Crippen molar-refractivity contribution in [3.63, 3.8) is 0 Å². The minimum atomic E-state index is -1.57. The summed E-state index contributed by atoms with van der Waals surface area (Å²) in [6.45, 7) is 14.5. The molecule has 3 heteroatoms. The van der Waals surface area contributed by atoms with Crippen LogP contribution in [-0.2, 0) is 0 Å². The Morgan fingerprint density at radius 2 is 1.15 bits per heavy atom. The summed E-state index contributed by atoms with van der Waals surface area (Å²) < 4.78 is 5.83. The maximum Gasteiger partial charge on any atom is 0.210 e. The van der Waals surface area contributed by atoms with Crippen molar-refractivity contribution in [2.24, 2.45) is 0 Å². The van der Waals surface area contributed by atoms with E-state index in [-0.39, 0.29) is 0 Å². The molecule has 2 saturated heterocycles. The lowest BCUT2D eigenvalue weighted by Crippen LogP contribution is -2.66. The average Bonchev–Trinajstić information content (AvgIpc) is 2.90. The van der Waals surface area contributed by atoms with Gasteiger partial charge in [0.05, 0.1) is 0 Å². The van der Waals surface area contributed by atoms with Gasteiger partial charge in [-0.05, 0) is 64.0 Å². The first-order valence-electron chi connectivity index (χ1n) is 8.82. The average molecular weight is 295 g/mol. The molecule has 0 saturated carbocycles. The molecule has 2 fully saturated rings. The molecule has 2 aliphatic rings. The summed E-state index contributed by atoms with van der Waals surface area (Å²) in [5, 5.41) is 0. The second-order valence-corrected chi connectivity index (χ2v) is 11.3. The second-order valence-electron chi connectivity index (χ2n) is 6.92. The predicted octanol–water partition coefficient (Wildman–Crippen LogP) is 4.39. The zero-order valence-electron chi connectivity index (χ0n) is 13.7. The number of allylic oxidation sites excluding steroid dienone is 1. The minimum Gasteiger partial charge on any atom is -0.311 e. The lowest BCUT2D eigenvalue weighted by molar-refractivity contribution is 0.326. The Labute approximate surface area is 127 Å². The van der Waals surface area contributed by atoms with Crippen LogP contribution < -0.4 is 0 Å². The van der Waals surface area contributed by atoms with Crippen LogP contribution in [0.3, 0.4) is 0 Å². The van der Waals surface area contributed by atoms with Crippen LogP contribution in [0.5, 0.6) is 0 Å². The van der Waals surface area contributed by atoms with Crippen molar-refractivity contribution in [3.05, 3.63) is 12.7 Å². The molecule has 2 nitrogen and oxygen atoms in total. The van der Waals surface area contributed by atoms with Gasteiger partial charge in [0.1, 0.15) is 0 Å². The highest BCUT2D eigenvalue weighted by Gasteiger charge is 2.44. The SMILES string of the molecule is C=CC(C)[Si](C)(N1CCCCCC1)N1CCCCCC1. The maximum absolute atomic E-state index is 4.14. The topological polar surface area (TPSA) is 6.48 Å². The minimum absolute atomic E-state index is 0.665. The van der Waals surface area contributed by atoms with E-state index < -0.39 is 8.40 Å². The summed E-state index contributed by atoms with van der Waals surface area (Å²) in [7, 11) is -1.57. The van der Waals surface area contributed by atoms with E-state index in [9.17, 15) is 0 Å². The zero-order chi connectivity index (χ0) is 14.4. The van der Waals surface area contributed by atoms with Gasteiger partial charge in [0, 0.05) is 0 Å². The van der Waals surface area contributed by atoms with Gasteiger partial charge in [-0.15, -0.1) is 6.58 Å². The third-order valence-corrected chi connectivity index (χ3v) is 11.1. The van der Waals surface area contributed by atoms with Crippen LogP contribution >= 0.6 is 0 Å². The first-order valence-corrected chi connectivity index (χ1v) is 11.3. The van der Waals surface area contributed by atoms with Gasteiger partial charge in [-0.3, -0.25) is 0 Å². The molecule has 0 spiro atoms. The molecule has 0 bridgehead atoms. The van der Waals surface area contributed by atoms with E-state index in [0.717, 1.165) is 0 Å². The first kappa shape index (κ1) is 16.3. The molecule has 0 aromatic rings. The van der Waals surface area contributed by atoms with Gasteiger partial charge in [-0.25, -0.2) is 0 Å². The first-order chi connectivity index (χ1) is 9.69. The Hall–Kier alpha value is -0.123. The molecule has 0 aromatic heterocycles. The Morgan fingerprint density at radius 3 is 1.45 bits per heavy atom. The van der Waals surface area contributed by atoms with E-state index in [1.165, 1.54) is 77.5 Å². The summed E-state index contributed by atoms with van der Waals surface area (Å²) in [6, 6.07) is 0. The summed E-state index contributed by atoms with van der Waals surface area (Å²) in [4.78, 5) is 0. The van der Waals surface area contributed by atoms with Gasteiger partial charge < -0.3 is 9.13 Å². The van der Waals surface area contributed by atoms with E-state index in [2.05, 4.69) is 35.3 Å². The molecular formula is C17H34N2Si. The van der Waals surface area contributed by atoms with E-state index in [1.54, 1.807) is 0 Å². The lowest BCUT2D eigenvalue weighted by atomic mass is 10.2. The lowest BCUT2D eigenvalue weighted by Gasteiger charge is -2.49. The Morgan fingerprint density at radius 1 is 0.800 bits per heavy atom. The Balaban J connectivity index is 2.20. The van der Waals surface area contributed by atoms with Crippen molar-refractivity contribution in [3.8, 4) is 0 Å². The monoisotopic (exact) mass is 294 g/mol. The fraction of sp³-hybridized carbons (Fsp3) is 0.882. The van der Waals surface area contributed by atoms with Crippen molar-refractivity contribution in [1.29, 1.82) is 0 Å². The van der Waals surface area contributed by atoms with Crippen molar-refractivity contribution in [2.75, 3.05) is 26.2 Å². The van der Waals surface area contributed by atoms with Crippen molar-refractivity contribution in [1.82, 2.24) is 9.13 Å². The highest BCUT2D eigenvalue weighted by molar-refractivity contribution is 6.75. The highest BCUT2D eigenvalue weighted by atomic mass is 28.3. The van der Waals surface area contributed by atoms with Crippen LogP contribution in [0, 0.1) is 0 Å². The summed E-state index contributed by atoms with van der Waals surface area (Å²) >= 11 is 0. The molecule has 0 N–H and O–H groups in total. The zero-order valence-corrected chi connectivity index (χ0v) is 14.7. The standard InChI is InChI=1S/C17H34N2Si/c1-4-17(2)20(3,18-13-9-5-6-10-14-18)19-15-11-7-8-12-16-19/h4,17H,1,5-16H2,2-3H3. The number of hydrogen-bond donors (Lipinski definition) is 0. The van der Waals surface area contributed by atoms with Crippen molar-refractivity contribution < 1.29 is 0 Å². The Bertz CT molecular complexity index is 269. The molecule has 0 aliphatic carbocycles. The van der Waals surface area contributed by atoms with Crippen LogP contribution in [0.25, 0.3) is 0 Å². The second kappa shape index (κ2) is 7.76. The van der Waals surface area contributed by atoms with Crippen LogP contribution in [-0.4, -0.2) is 43.7 Å². The molecule has 1 unspecified atom stereocenters. The summed E-state index contributed by atoms with van der Waals surface area (Å²) in [6.07, 6.45) is 13.6. The summed E-state index contributed by atoms with van der Waals surface area (Å²) in [5.41, 5.74) is 0.665. The molecule has 2 aliphatic heterocycles. The van der Waals surface area contributed by atoms with E-state index in [0.29, 0.717) is 5.54 Å². The maximum atomic E-state index is 4.14. The summed E-state index contributed by atoms with van der Waals surface area (Å²) in [5.74, 6) is 0. The molecule has 0 radical (unpaired) electrons. The molecule has 0 amide bonds. The molecule has 0 aromatic carbocycles. The van der Waals surface area contributed by atoms with Gasteiger partial charge in [0.15, 0.2) is 0 Å². The largest absolute Gasteiger partial charge is 0.311 e. The number of rotatable bonds is 4. The van der Waals surface area contributed by atoms with Crippen LogP contribution in [0.1, 0.15) is 58.3 Å². The fourth-order valence-electron chi connectivity index (χ4n) is 4.05. The quantitative estimate of drug-likeness (QED) is 0.560. The van der Waals surface area contributed by atoms with E-state index >= 15 is 0 Å². The fourth-order valence-corrected chi connectivity index (χ4v) is 8.49. The molecule has 2 heterocycles. The number of nitrogens with zero attached hydrogens (tertiary/aromatic N) is 2. The Kier molecular flexibility index (Phi) is 6.31. The normalized spacial score (nSPS) is 25.7. The van der Waals surface area contributed by atoms with Gasteiger partial charge in [0.2, 0.25) is 8.40 Å². The van der Waals surface area contributed by atoms with Gasteiger partial charge >= 0.3 is 0 Å². The molecule has 116 valence electrons. The van der Waals surface area contributed by atoms with Crippen LogP contribution in [0.4, 0.5) is 0 Å². The van der Waals surface area contributed by atoms with E-state index in [4.69, 9.17) is 0 Å². The van der Waals surface area contributed by atoms with Crippen LogP contribution in [0.2, 0.25) is 12.1 Å². The molecule has 20 heavy (non-hydrogen) atoms. The van der Waals surface area contributed by atoms with Gasteiger partial charge in [-0.2, -0.15) is 0 Å². The van der Waals surface area contributed by atoms with E-state index in [1.807, 2.05) is 0 Å². The molecule has 1 atom stereocenters. The predicted molar refractivity (Wildman–Crippen MR) is 91.3 cm³/mol. The molecular weight excluding hydrogens is 260 g/mol. The smallest absolute Gasteiger partial charge is 0.210 e. The highest BCUT2D eigenvalue weighted by Crippen LogP contribution is 2.33.